The van der Waals surface area contributed by atoms with Crippen LogP contribution in [0, 0.1) is 0 Å². The van der Waals surface area contributed by atoms with Gasteiger partial charge in [-0.15, -0.1) is 0 Å². The minimum atomic E-state index is -3.63. The second kappa shape index (κ2) is 9.90. The van der Waals surface area contributed by atoms with E-state index in [1.165, 1.54) is 28.7 Å². The van der Waals surface area contributed by atoms with Crippen LogP contribution in [0.2, 0.25) is 0 Å². The molecule has 4 rings (SSSR count). The van der Waals surface area contributed by atoms with Crippen LogP contribution in [-0.2, 0) is 35.7 Å². The summed E-state index contributed by atoms with van der Waals surface area (Å²) >= 11 is 0. The van der Waals surface area contributed by atoms with Gasteiger partial charge in [0.05, 0.1) is 5.75 Å². The molecule has 0 unspecified atom stereocenters. The van der Waals surface area contributed by atoms with Crippen molar-refractivity contribution in [3.05, 3.63) is 28.3 Å². The number of rotatable bonds is 5. The largest absolute Gasteiger partial charge is 0.332 e. The van der Waals surface area contributed by atoms with Crippen LogP contribution in [0.1, 0.15) is 54.4 Å². The Kier molecular flexibility index (Phi) is 8.03. The molecule has 8 heteroatoms. The van der Waals surface area contributed by atoms with Crippen molar-refractivity contribution in [1.82, 2.24) is 9.62 Å². The number of nitrogens with zero attached hydrogens (tertiary/aromatic N) is 1. The quantitative estimate of drug-likeness (QED) is 0.702. The average Bonchev–Trinajstić information content (AvgIpc) is 3.29. The van der Waals surface area contributed by atoms with Crippen LogP contribution < -0.4 is 10.0 Å². The number of aryl methyl sites for hydroxylation is 2. The SMILES string of the molecule is O=C(Nc1c2c(cc3c1CCC3)CCC2)NS(=O)(=O)CCN1CCCCC1.[K]. The third kappa shape index (κ3) is 5.39. The Morgan fingerprint density at radius 2 is 1.54 bits per heavy atom. The summed E-state index contributed by atoms with van der Waals surface area (Å²) in [6.45, 7) is 2.38. The fourth-order valence-electron chi connectivity index (χ4n) is 4.73. The molecule has 149 valence electrons. The number of carbonyl (C=O) groups excluding carboxylic acids is 1. The van der Waals surface area contributed by atoms with Gasteiger partial charge in [-0.25, -0.2) is 17.9 Å². The van der Waals surface area contributed by atoms with E-state index in [0.717, 1.165) is 70.1 Å². The van der Waals surface area contributed by atoms with Crippen molar-refractivity contribution in [2.75, 3.05) is 30.7 Å². The molecule has 0 aromatic heterocycles. The molecule has 1 aromatic rings. The van der Waals surface area contributed by atoms with Gasteiger partial charge in [0, 0.05) is 63.6 Å². The molecule has 1 radical (unpaired) electrons. The number of urea groups is 1. The van der Waals surface area contributed by atoms with E-state index in [1.807, 2.05) is 0 Å². The Morgan fingerprint density at radius 1 is 0.929 bits per heavy atom. The summed E-state index contributed by atoms with van der Waals surface area (Å²) in [6.07, 6.45) is 9.68. The van der Waals surface area contributed by atoms with Gasteiger partial charge in [-0.2, -0.15) is 0 Å². The first kappa shape index (κ1) is 22.7. The third-order valence-corrected chi connectivity index (χ3v) is 7.30. The number of nitrogens with one attached hydrogen (secondary N) is 2. The van der Waals surface area contributed by atoms with E-state index < -0.39 is 16.1 Å². The molecule has 2 N–H and O–H groups in total. The van der Waals surface area contributed by atoms with Crippen molar-refractivity contribution in [1.29, 1.82) is 0 Å². The third-order valence-electron chi connectivity index (χ3n) is 6.08. The Labute approximate surface area is 210 Å². The standard InChI is InChI=1S/C20H29N3O3S.K/c24-20(22-27(25,26)13-12-23-10-2-1-3-11-23)21-19-17-8-4-6-15(17)14-16-7-5-9-18(16)19;/h14H,1-13H2,(H2,21,22,24);. The summed E-state index contributed by atoms with van der Waals surface area (Å²) in [5.41, 5.74) is 5.92. The van der Waals surface area contributed by atoms with Crippen molar-refractivity contribution in [2.24, 2.45) is 0 Å². The molecule has 3 aliphatic rings. The maximum atomic E-state index is 12.5. The summed E-state index contributed by atoms with van der Waals surface area (Å²) in [5.74, 6) is -0.0363. The van der Waals surface area contributed by atoms with Crippen LogP contribution in [0.5, 0.6) is 0 Å². The number of benzene rings is 1. The van der Waals surface area contributed by atoms with Gasteiger partial charge in [-0.3, -0.25) is 0 Å². The van der Waals surface area contributed by atoms with Crippen molar-refractivity contribution in [3.63, 3.8) is 0 Å². The summed E-state index contributed by atoms with van der Waals surface area (Å²) in [7, 11) is -3.63. The molecule has 1 aliphatic heterocycles. The molecule has 0 atom stereocenters. The molecule has 0 saturated carbocycles. The predicted octanol–water partition coefficient (Wildman–Crippen LogP) is 2.22. The molecule has 2 aliphatic carbocycles. The van der Waals surface area contributed by atoms with Gasteiger partial charge in [-0.05, 0) is 86.7 Å². The smallest absolute Gasteiger partial charge is 0.307 e. The molecule has 28 heavy (non-hydrogen) atoms. The zero-order chi connectivity index (χ0) is 18.9. The first-order valence-corrected chi connectivity index (χ1v) is 11.9. The van der Waals surface area contributed by atoms with Gasteiger partial charge < -0.3 is 10.2 Å². The normalized spacial score (nSPS) is 18.9. The maximum absolute atomic E-state index is 12.5. The first-order chi connectivity index (χ1) is 13.0. The van der Waals surface area contributed by atoms with Crippen molar-refractivity contribution in [3.8, 4) is 0 Å². The molecule has 1 aromatic carbocycles. The number of sulfonamides is 1. The summed E-state index contributed by atoms with van der Waals surface area (Å²) in [6, 6.07) is 1.67. The Hall–Kier alpha value is 0.0364. The second-order valence-electron chi connectivity index (χ2n) is 8.01. The number of amides is 2. The van der Waals surface area contributed by atoms with Gasteiger partial charge in [-0.1, -0.05) is 12.5 Å². The topological polar surface area (TPSA) is 78.5 Å². The fraction of sp³-hybridized carbons (Fsp3) is 0.650. The van der Waals surface area contributed by atoms with Gasteiger partial charge in [0.1, 0.15) is 0 Å². The number of hydrogen-bond donors (Lipinski definition) is 2. The zero-order valence-corrected chi connectivity index (χ0v) is 20.8. The van der Waals surface area contributed by atoms with Crippen LogP contribution in [0.15, 0.2) is 6.07 Å². The van der Waals surface area contributed by atoms with Crippen LogP contribution in [-0.4, -0.2) is 96.1 Å². The first-order valence-electron chi connectivity index (χ1n) is 10.2. The van der Waals surface area contributed by atoms with Gasteiger partial charge in [0.15, 0.2) is 0 Å². The number of carbonyl (C=O) groups is 1. The molecule has 1 saturated heterocycles. The minimum Gasteiger partial charge on any atom is -0.307 e. The molecule has 6 nitrogen and oxygen atoms in total. The number of piperidine rings is 1. The Bertz CT molecular complexity index is 803. The fourth-order valence-corrected chi connectivity index (χ4v) is 5.66. The molecule has 2 amide bonds. The van der Waals surface area contributed by atoms with Gasteiger partial charge in [0.25, 0.3) is 0 Å². The van der Waals surface area contributed by atoms with E-state index in [4.69, 9.17) is 0 Å². The van der Waals surface area contributed by atoms with Gasteiger partial charge in [0.2, 0.25) is 10.0 Å². The molecule has 1 fully saturated rings. The minimum absolute atomic E-state index is 0. The van der Waals surface area contributed by atoms with E-state index in [0.29, 0.717) is 6.54 Å². The van der Waals surface area contributed by atoms with Crippen molar-refractivity contribution in [2.45, 2.75) is 57.8 Å². The predicted molar refractivity (Wildman–Crippen MR) is 112 cm³/mol. The maximum Gasteiger partial charge on any atom is 0.332 e. The number of fused-ring (bicyclic) bond motifs is 2. The monoisotopic (exact) mass is 430 g/mol. The summed E-state index contributed by atoms with van der Waals surface area (Å²) in [5, 5.41) is 2.89. The van der Waals surface area contributed by atoms with Gasteiger partial charge >= 0.3 is 6.03 Å². The van der Waals surface area contributed by atoms with E-state index in [9.17, 15) is 13.2 Å². The summed E-state index contributed by atoms with van der Waals surface area (Å²) < 4.78 is 26.9. The Morgan fingerprint density at radius 3 is 2.14 bits per heavy atom. The molecular formula is C20H29KN3O3S. The van der Waals surface area contributed by atoms with E-state index >= 15 is 0 Å². The van der Waals surface area contributed by atoms with E-state index in [2.05, 4.69) is 21.0 Å². The van der Waals surface area contributed by atoms with Crippen LogP contribution in [0.3, 0.4) is 0 Å². The molecule has 0 bridgehead atoms. The van der Waals surface area contributed by atoms with E-state index in [-0.39, 0.29) is 57.1 Å². The van der Waals surface area contributed by atoms with Crippen LogP contribution >= 0.6 is 0 Å². The number of likely N-dealkylation sites (tertiary alicyclic amines) is 1. The van der Waals surface area contributed by atoms with E-state index in [1.54, 1.807) is 0 Å². The number of hydrogen-bond acceptors (Lipinski definition) is 4. The Balaban J connectivity index is 0.00000225. The second-order valence-corrected chi connectivity index (χ2v) is 9.85. The zero-order valence-electron chi connectivity index (χ0n) is 16.8. The number of anilines is 1. The molecule has 0 spiro atoms. The van der Waals surface area contributed by atoms with Crippen molar-refractivity contribution >= 4 is 73.1 Å². The average molecular weight is 431 g/mol. The molecule has 1 heterocycles. The summed E-state index contributed by atoms with van der Waals surface area (Å²) in [4.78, 5) is 14.6. The van der Waals surface area contributed by atoms with Crippen molar-refractivity contribution < 1.29 is 13.2 Å². The molecular weight excluding hydrogens is 401 g/mol. The van der Waals surface area contributed by atoms with Crippen LogP contribution in [0.25, 0.3) is 0 Å². The van der Waals surface area contributed by atoms with Crippen LogP contribution in [0.4, 0.5) is 10.5 Å².